The van der Waals surface area contributed by atoms with Crippen molar-refractivity contribution in [2.75, 3.05) is 0 Å². The van der Waals surface area contributed by atoms with Crippen molar-refractivity contribution in [2.45, 2.75) is 0 Å². The number of benzene rings is 3. The van der Waals surface area contributed by atoms with Crippen molar-refractivity contribution < 1.29 is 18.1 Å². The summed E-state index contributed by atoms with van der Waals surface area (Å²) >= 11 is 0. The number of hydrogen-bond donors (Lipinski definition) is 0. The predicted octanol–water partition coefficient (Wildman–Crippen LogP) is 6.79. The fraction of sp³-hybridized carbons (Fsp3) is 0. The second-order valence-electron chi connectivity index (χ2n) is 7.02. The number of hydrogen-bond acceptors (Lipinski definition) is 4. The molecule has 2 heterocycles. The van der Waals surface area contributed by atoms with Gasteiger partial charge in [-0.05, 0) is 60.2 Å². The molecule has 0 amide bonds. The molecule has 150 valence electrons. The molecule has 0 radical (unpaired) electrons. The molecule has 3 aromatic carbocycles. The maximum atomic E-state index is 13.1. The van der Waals surface area contributed by atoms with E-state index in [0.717, 1.165) is 22.0 Å². The molecule has 0 saturated heterocycles. The van der Waals surface area contributed by atoms with Gasteiger partial charge in [0.2, 0.25) is 5.78 Å². The lowest BCUT2D eigenvalue weighted by Crippen LogP contribution is -1.90. The van der Waals surface area contributed by atoms with Gasteiger partial charge in [-0.25, -0.2) is 4.39 Å². The van der Waals surface area contributed by atoms with Crippen LogP contribution in [-0.2, 0) is 0 Å². The molecule has 31 heavy (non-hydrogen) atoms. The van der Waals surface area contributed by atoms with Crippen molar-refractivity contribution in [3.63, 3.8) is 0 Å². The lowest BCUT2D eigenvalue weighted by molar-refractivity contribution is 0.102. The molecule has 0 fully saturated rings. The molecule has 0 spiro atoms. The minimum Gasteiger partial charge on any atom is -0.453 e. The Labute approximate surface area is 177 Å². The molecule has 0 aliphatic rings. The van der Waals surface area contributed by atoms with Gasteiger partial charge in [-0.2, -0.15) is 0 Å². The van der Waals surface area contributed by atoms with Crippen molar-refractivity contribution in [3.05, 3.63) is 108 Å². The van der Waals surface area contributed by atoms with Crippen molar-refractivity contribution in [1.82, 2.24) is 5.16 Å². The Balaban J connectivity index is 1.39. The molecule has 0 aliphatic heterocycles. The molecule has 0 saturated carbocycles. The first kappa shape index (κ1) is 18.8. The summed E-state index contributed by atoms with van der Waals surface area (Å²) in [6.45, 7) is 0. The molecule has 0 unspecified atom stereocenters. The smallest absolute Gasteiger partial charge is 0.221 e. The Morgan fingerprint density at radius 2 is 1.68 bits per heavy atom. The fourth-order valence-electron chi connectivity index (χ4n) is 3.35. The van der Waals surface area contributed by atoms with Gasteiger partial charge in [-0.15, -0.1) is 0 Å². The van der Waals surface area contributed by atoms with Gasteiger partial charge in [0.05, 0.1) is 5.39 Å². The van der Waals surface area contributed by atoms with Crippen LogP contribution in [0.15, 0.2) is 99.9 Å². The Bertz CT molecular complexity index is 1400. The van der Waals surface area contributed by atoms with Gasteiger partial charge in [0.15, 0.2) is 11.5 Å². The number of rotatable bonds is 5. The topological polar surface area (TPSA) is 56.2 Å². The minimum atomic E-state index is -0.324. The van der Waals surface area contributed by atoms with Crippen molar-refractivity contribution in [3.8, 4) is 22.6 Å². The third kappa shape index (κ3) is 3.81. The molecule has 5 heteroatoms. The van der Waals surface area contributed by atoms with Crippen LogP contribution in [0.4, 0.5) is 4.39 Å². The molecule has 5 aromatic rings. The van der Waals surface area contributed by atoms with E-state index >= 15 is 0 Å². The summed E-state index contributed by atoms with van der Waals surface area (Å²) in [5.41, 5.74) is 3.23. The highest BCUT2D eigenvalue weighted by atomic mass is 19.1. The van der Waals surface area contributed by atoms with Gasteiger partial charge >= 0.3 is 0 Å². The van der Waals surface area contributed by atoms with Crippen LogP contribution in [-0.4, -0.2) is 10.9 Å². The zero-order valence-corrected chi connectivity index (χ0v) is 16.3. The second-order valence-corrected chi connectivity index (χ2v) is 7.02. The highest BCUT2D eigenvalue weighted by Crippen LogP contribution is 2.29. The number of ketones is 1. The van der Waals surface area contributed by atoms with Crippen molar-refractivity contribution in [1.29, 1.82) is 0 Å². The molecular formula is C26H16FNO3. The SMILES string of the molecule is O=C(C=Cc1ccc2noc(-c3ccccc3)c2c1)c1ccc(-c2ccc(F)cc2)o1. The summed E-state index contributed by atoms with van der Waals surface area (Å²) in [6, 6.07) is 24.6. The summed E-state index contributed by atoms with van der Waals surface area (Å²) in [5.74, 6) is 0.825. The third-order valence-electron chi connectivity index (χ3n) is 4.94. The van der Waals surface area contributed by atoms with Gasteiger partial charge in [-0.3, -0.25) is 4.79 Å². The monoisotopic (exact) mass is 409 g/mol. The van der Waals surface area contributed by atoms with E-state index in [1.807, 2.05) is 48.5 Å². The normalized spacial score (nSPS) is 11.4. The molecule has 2 aromatic heterocycles. The van der Waals surface area contributed by atoms with E-state index in [9.17, 15) is 9.18 Å². The Morgan fingerprint density at radius 3 is 2.48 bits per heavy atom. The quantitative estimate of drug-likeness (QED) is 0.237. The van der Waals surface area contributed by atoms with E-state index in [1.165, 1.54) is 18.2 Å². The molecule has 0 atom stereocenters. The van der Waals surface area contributed by atoms with Crippen LogP contribution in [0.2, 0.25) is 0 Å². The maximum absolute atomic E-state index is 13.1. The molecule has 0 bridgehead atoms. The molecule has 0 N–H and O–H groups in total. The third-order valence-corrected chi connectivity index (χ3v) is 4.94. The maximum Gasteiger partial charge on any atom is 0.221 e. The zero-order valence-electron chi connectivity index (χ0n) is 16.3. The number of halogens is 1. The standard InChI is InChI=1S/C26H16FNO3/c27-20-10-8-18(9-11-20)24-14-15-25(30-24)23(29)13-7-17-6-12-22-21(16-17)26(31-28-22)19-4-2-1-3-5-19/h1-16H. The van der Waals surface area contributed by atoms with Crippen LogP contribution < -0.4 is 0 Å². The summed E-state index contributed by atoms with van der Waals surface area (Å²) in [5, 5.41) is 4.98. The number of furan rings is 1. The number of allylic oxidation sites excluding steroid dienone is 1. The van der Waals surface area contributed by atoms with Crippen molar-refractivity contribution >= 4 is 22.8 Å². The summed E-state index contributed by atoms with van der Waals surface area (Å²) < 4.78 is 24.3. The summed E-state index contributed by atoms with van der Waals surface area (Å²) in [4.78, 5) is 12.5. The number of nitrogens with zero attached hydrogens (tertiary/aromatic N) is 1. The molecule has 5 rings (SSSR count). The van der Waals surface area contributed by atoms with E-state index in [1.54, 1.807) is 30.3 Å². The van der Waals surface area contributed by atoms with Gasteiger partial charge in [0, 0.05) is 11.1 Å². The summed E-state index contributed by atoms with van der Waals surface area (Å²) in [7, 11) is 0. The minimum absolute atomic E-state index is 0.214. The molecule has 0 aliphatic carbocycles. The number of carbonyl (C=O) groups excluding carboxylic acids is 1. The van der Waals surface area contributed by atoms with E-state index in [4.69, 9.17) is 8.94 Å². The summed E-state index contributed by atoms with van der Waals surface area (Å²) in [6.07, 6.45) is 3.19. The van der Waals surface area contributed by atoms with Crippen LogP contribution in [0.5, 0.6) is 0 Å². The second kappa shape index (κ2) is 7.88. The van der Waals surface area contributed by atoms with E-state index < -0.39 is 0 Å². The van der Waals surface area contributed by atoms with Crippen molar-refractivity contribution in [2.24, 2.45) is 0 Å². The number of fused-ring (bicyclic) bond motifs is 1. The first-order valence-electron chi connectivity index (χ1n) is 9.70. The Hall–Kier alpha value is -4.25. The first-order valence-corrected chi connectivity index (χ1v) is 9.70. The van der Waals surface area contributed by atoms with Gasteiger partial charge in [0.1, 0.15) is 17.1 Å². The van der Waals surface area contributed by atoms with Crippen LogP contribution in [0, 0.1) is 5.82 Å². The Morgan fingerprint density at radius 1 is 0.871 bits per heavy atom. The fourth-order valence-corrected chi connectivity index (χ4v) is 3.35. The van der Waals surface area contributed by atoms with Gasteiger partial charge < -0.3 is 8.94 Å². The van der Waals surface area contributed by atoms with E-state index in [0.29, 0.717) is 17.1 Å². The van der Waals surface area contributed by atoms with E-state index in [2.05, 4.69) is 5.16 Å². The van der Waals surface area contributed by atoms with Gasteiger partial charge in [-0.1, -0.05) is 47.6 Å². The van der Waals surface area contributed by atoms with Crippen LogP contribution in [0.25, 0.3) is 39.6 Å². The van der Waals surface area contributed by atoms with Crippen LogP contribution in [0.1, 0.15) is 16.1 Å². The number of carbonyl (C=O) groups is 1. The lowest BCUT2D eigenvalue weighted by Gasteiger charge is -1.98. The largest absolute Gasteiger partial charge is 0.453 e. The molecular weight excluding hydrogens is 393 g/mol. The average molecular weight is 409 g/mol. The van der Waals surface area contributed by atoms with Crippen LogP contribution >= 0.6 is 0 Å². The first-order chi connectivity index (χ1) is 15.2. The van der Waals surface area contributed by atoms with E-state index in [-0.39, 0.29) is 17.4 Å². The highest BCUT2D eigenvalue weighted by molar-refractivity contribution is 6.05. The average Bonchev–Trinajstić information content (AvgIpc) is 3.46. The number of aromatic nitrogens is 1. The molecule has 4 nitrogen and oxygen atoms in total. The zero-order chi connectivity index (χ0) is 21.2. The predicted molar refractivity (Wildman–Crippen MR) is 117 cm³/mol. The lowest BCUT2D eigenvalue weighted by atomic mass is 10.1. The highest BCUT2D eigenvalue weighted by Gasteiger charge is 2.12. The van der Waals surface area contributed by atoms with Gasteiger partial charge in [0.25, 0.3) is 0 Å². The van der Waals surface area contributed by atoms with Crippen LogP contribution in [0.3, 0.4) is 0 Å². The Kier molecular flexibility index (Phi) is 4.77.